The quantitative estimate of drug-likeness (QED) is 0.709. The smallest absolute Gasteiger partial charge is 0.0175 e. The lowest BCUT2D eigenvalue weighted by Gasteiger charge is -2.04. The lowest BCUT2D eigenvalue weighted by Crippen LogP contribution is -2.18. The van der Waals surface area contributed by atoms with Gasteiger partial charge in [0.1, 0.15) is 0 Å². The van der Waals surface area contributed by atoms with Gasteiger partial charge in [0, 0.05) is 24.5 Å². The van der Waals surface area contributed by atoms with Crippen LogP contribution in [-0.2, 0) is 13.5 Å². The van der Waals surface area contributed by atoms with Crippen molar-refractivity contribution < 1.29 is 0 Å². The van der Waals surface area contributed by atoms with Crippen molar-refractivity contribution in [2.45, 2.75) is 33.2 Å². The zero-order chi connectivity index (χ0) is 9.30. The third-order valence-corrected chi connectivity index (χ3v) is 2.42. The van der Waals surface area contributed by atoms with Gasteiger partial charge in [0.2, 0.25) is 0 Å². The van der Waals surface area contributed by atoms with Crippen LogP contribution in [0.4, 0.5) is 0 Å². The van der Waals surface area contributed by atoms with Gasteiger partial charge in [0.15, 0.2) is 0 Å². The zero-order valence-corrected chi connectivity index (χ0v) is 8.39. The van der Waals surface area contributed by atoms with Crippen molar-refractivity contribution in [3.8, 4) is 0 Å². The largest absolute Gasteiger partial charge is 0.352 e. The van der Waals surface area contributed by atoms with Crippen LogP contribution in [0.3, 0.4) is 0 Å². The first-order chi connectivity index (χ1) is 5.52. The molecule has 1 atom stereocenters. The van der Waals surface area contributed by atoms with Crippen molar-refractivity contribution in [3.63, 3.8) is 0 Å². The van der Waals surface area contributed by atoms with Crippen LogP contribution in [0.1, 0.15) is 23.9 Å². The summed E-state index contributed by atoms with van der Waals surface area (Å²) in [5.74, 6) is 0. The molecule has 68 valence electrons. The molecule has 2 heteroatoms. The first-order valence-electron chi connectivity index (χ1n) is 4.39. The Balaban J connectivity index is 2.93. The highest BCUT2D eigenvalue weighted by atomic mass is 14.9. The van der Waals surface area contributed by atoms with E-state index in [4.69, 9.17) is 5.73 Å². The lowest BCUT2D eigenvalue weighted by molar-refractivity contribution is 0.729. The van der Waals surface area contributed by atoms with Gasteiger partial charge in [0.25, 0.3) is 0 Å². The average molecular weight is 166 g/mol. The third kappa shape index (κ3) is 1.69. The van der Waals surface area contributed by atoms with E-state index in [-0.39, 0.29) is 6.04 Å². The molecule has 12 heavy (non-hydrogen) atoms. The van der Waals surface area contributed by atoms with Crippen LogP contribution in [0, 0.1) is 13.8 Å². The molecule has 0 amide bonds. The Morgan fingerprint density at radius 1 is 1.50 bits per heavy atom. The first kappa shape index (κ1) is 9.33. The Morgan fingerprint density at radius 2 is 2.08 bits per heavy atom. The van der Waals surface area contributed by atoms with Crippen LogP contribution in [-0.4, -0.2) is 10.6 Å². The van der Waals surface area contributed by atoms with Gasteiger partial charge in [-0.25, -0.2) is 0 Å². The second-order valence-electron chi connectivity index (χ2n) is 3.64. The fourth-order valence-corrected chi connectivity index (χ4v) is 1.49. The molecule has 0 aliphatic carbocycles. The maximum absolute atomic E-state index is 5.74. The number of nitrogens with zero attached hydrogens (tertiary/aromatic N) is 1. The number of hydrogen-bond donors (Lipinski definition) is 1. The SMILES string of the molecule is Cc1cc(CC(C)N)c(C)n1C. The molecular formula is C10H18N2. The monoisotopic (exact) mass is 166 g/mol. The fourth-order valence-electron chi connectivity index (χ4n) is 1.49. The minimum Gasteiger partial charge on any atom is -0.352 e. The molecule has 1 rings (SSSR count). The maximum atomic E-state index is 5.74. The Kier molecular flexibility index (Phi) is 2.58. The molecule has 0 bridgehead atoms. The number of nitrogens with two attached hydrogens (primary N) is 1. The second-order valence-corrected chi connectivity index (χ2v) is 3.64. The van der Waals surface area contributed by atoms with E-state index in [1.54, 1.807) is 0 Å². The highest BCUT2D eigenvalue weighted by Crippen LogP contribution is 2.14. The van der Waals surface area contributed by atoms with Gasteiger partial charge in [-0.2, -0.15) is 0 Å². The van der Waals surface area contributed by atoms with Crippen LogP contribution in [0.15, 0.2) is 6.07 Å². The van der Waals surface area contributed by atoms with Crippen LogP contribution >= 0.6 is 0 Å². The average Bonchev–Trinajstić information content (AvgIpc) is 2.17. The molecule has 1 heterocycles. The van der Waals surface area contributed by atoms with E-state index in [0.717, 1.165) is 6.42 Å². The molecule has 0 saturated heterocycles. The van der Waals surface area contributed by atoms with Gasteiger partial charge in [-0.05, 0) is 38.8 Å². The van der Waals surface area contributed by atoms with Crippen molar-refractivity contribution in [1.29, 1.82) is 0 Å². The standard InChI is InChI=1S/C10H18N2/c1-7(11)5-10-6-8(2)12(4)9(10)3/h6-7H,5,11H2,1-4H3. The number of hydrogen-bond acceptors (Lipinski definition) is 1. The van der Waals surface area contributed by atoms with Crippen LogP contribution in [0.2, 0.25) is 0 Å². The first-order valence-corrected chi connectivity index (χ1v) is 4.39. The van der Waals surface area contributed by atoms with Crippen LogP contribution in [0.25, 0.3) is 0 Å². The van der Waals surface area contributed by atoms with Gasteiger partial charge in [0.05, 0.1) is 0 Å². The van der Waals surface area contributed by atoms with Gasteiger partial charge < -0.3 is 10.3 Å². The van der Waals surface area contributed by atoms with Crippen molar-refractivity contribution in [3.05, 3.63) is 23.0 Å². The Morgan fingerprint density at radius 3 is 2.42 bits per heavy atom. The molecule has 2 nitrogen and oxygen atoms in total. The molecule has 0 aliphatic rings. The Hall–Kier alpha value is -0.760. The molecule has 2 N–H and O–H groups in total. The van der Waals surface area contributed by atoms with Crippen molar-refractivity contribution in [2.24, 2.45) is 12.8 Å². The summed E-state index contributed by atoms with van der Waals surface area (Å²) in [6, 6.07) is 2.48. The van der Waals surface area contributed by atoms with Gasteiger partial charge >= 0.3 is 0 Å². The van der Waals surface area contributed by atoms with Gasteiger partial charge in [-0.15, -0.1) is 0 Å². The van der Waals surface area contributed by atoms with E-state index >= 15 is 0 Å². The molecule has 1 aromatic rings. The number of rotatable bonds is 2. The fraction of sp³-hybridized carbons (Fsp3) is 0.600. The highest BCUT2D eigenvalue weighted by molar-refractivity contribution is 5.26. The summed E-state index contributed by atoms with van der Waals surface area (Å²) < 4.78 is 2.21. The van der Waals surface area contributed by atoms with Crippen molar-refractivity contribution in [1.82, 2.24) is 4.57 Å². The molecular weight excluding hydrogens is 148 g/mol. The van der Waals surface area contributed by atoms with Crippen molar-refractivity contribution in [2.75, 3.05) is 0 Å². The van der Waals surface area contributed by atoms with E-state index in [2.05, 4.69) is 31.5 Å². The summed E-state index contributed by atoms with van der Waals surface area (Å²) in [7, 11) is 2.09. The predicted octanol–water partition coefficient (Wildman–Crippen LogP) is 1.53. The number of aromatic nitrogens is 1. The predicted molar refractivity (Wildman–Crippen MR) is 52.2 cm³/mol. The molecule has 0 radical (unpaired) electrons. The summed E-state index contributed by atoms with van der Waals surface area (Å²) in [6.07, 6.45) is 0.980. The summed E-state index contributed by atoms with van der Waals surface area (Å²) in [5.41, 5.74) is 9.77. The molecule has 0 aromatic carbocycles. The van der Waals surface area contributed by atoms with Crippen LogP contribution in [0.5, 0.6) is 0 Å². The molecule has 0 aliphatic heterocycles. The van der Waals surface area contributed by atoms with E-state index in [1.165, 1.54) is 17.0 Å². The van der Waals surface area contributed by atoms with Gasteiger partial charge in [-0.3, -0.25) is 0 Å². The Labute approximate surface area is 74.4 Å². The molecule has 1 unspecified atom stereocenters. The van der Waals surface area contributed by atoms with E-state index < -0.39 is 0 Å². The Bertz CT molecular complexity index is 272. The minimum atomic E-state index is 0.255. The summed E-state index contributed by atoms with van der Waals surface area (Å²) in [5, 5.41) is 0. The summed E-state index contributed by atoms with van der Waals surface area (Å²) in [6.45, 7) is 6.31. The minimum absolute atomic E-state index is 0.255. The summed E-state index contributed by atoms with van der Waals surface area (Å²) >= 11 is 0. The molecule has 1 aromatic heterocycles. The van der Waals surface area contributed by atoms with E-state index in [0.29, 0.717) is 0 Å². The molecule has 0 fully saturated rings. The van der Waals surface area contributed by atoms with Gasteiger partial charge in [-0.1, -0.05) is 0 Å². The maximum Gasteiger partial charge on any atom is 0.0175 e. The van der Waals surface area contributed by atoms with E-state index in [9.17, 15) is 0 Å². The van der Waals surface area contributed by atoms with Crippen LogP contribution < -0.4 is 5.73 Å². The third-order valence-electron chi connectivity index (χ3n) is 2.42. The lowest BCUT2D eigenvalue weighted by atomic mass is 10.1. The second kappa shape index (κ2) is 3.31. The highest BCUT2D eigenvalue weighted by Gasteiger charge is 2.06. The number of aryl methyl sites for hydroxylation is 1. The topological polar surface area (TPSA) is 30.9 Å². The summed E-state index contributed by atoms with van der Waals surface area (Å²) in [4.78, 5) is 0. The molecule has 0 spiro atoms. The molecule has 0 saturated carbocycles. The van der Waals surface area contributed by atoms with Crippen molar-refractivity contribution >= 4 is 0 Å². The van der Waals surface area contributed by atoms with E-state index in [1.807, 2.05) is 6.92 Å². The zero-order valence-electron chi connectivity index (χ0n) is 8.39. The normalized spacial score (nSPS) is 13.4.